The van der Waals surface area contributed by atoms with Gasteiger partial charge >= 0.3 is 6.18 Å². The van der Waals surface area contributed by atoms with Crippen molar-refractivity contribution in [1.29, 1.82) is 0 Å². The highest BCUT2D eigenvalue weighted by atomic mass is 79.9. The van der Waals surface area contributed by atoms with Crippen molar-refractivity contribution in [1.82, 2.24) is 4.98 Å². The Bertz CT molecular complexity index is 632. The van der Waals surface area contributed by atoms with Crippen molar-refractivity contribution < 1.29 is 17.9 Å². The SMILES string of the molecule is COc1cc(CNc2ccc(C(F)(F)F)cc2Br)ccn1. The van der Waals surface area contributed by atoms with E-state index in [9.17, 15) is 13.2 Å². The molecular formula is C14H12BrF3N2O. The van der Waals surface area contributed by atoms with Gasteiger partial charge in [-0.2, -0.15) is 13.2 Å². The zero-order valence-electron chi connectivity index (χ0n) is 11.0. The molecule has 3 nitrogen and oxygen atoms in total. The summed E-state index contributed by atoms with van der Waals surface area (Å²) in [6, 6.07) is 7.04. The van der Waals surface area contributed by atoms with E-state index in [-0.39, 0.29) is 0 Å². The lowest BCUT2D eigenvalue weighted by atomic mass is 10.2. The number of rotatable bonds is 4. The van der Waals surface area contributed by atoms with Gasteiger partial charge in [-0.3, -0.25) is 0 Å². The maximum atomic E-state index is 12.6. The molecule has 1 aromatic heterocycles. The Morgan fingerprint density at radius 1 is 1.24 bits per heavy atom. The average Bonchev–Trinajstić information content (AvgIpc) is 2.45. The molecule has 0 spiro atoms. The van der Waals surface area contributed by atoms with Gasteiger partial charge in [-0.05, 0) is 45.8 Å². The average molecular weight is 361 g/mol. The van der Waals surface area contributed by atoms with Crippen LogP contribution >= 0.6 is 15.9 Å². The lowest BCUT2D eigenvalue weighted by Crippen LogP contribution is -2.06. The summed E-state index contributed by atoms with van der Waals surface area (Å²) in [6.07, 6.45) is -2.74. The van der Waals surface area contributed by atoms with E-state index in [1.54, 1.807) is 18.3 Å². The van der Waals surface area contributed by atoms with E-state index in [0.29, 0.717) is 22.6 Å². The zero-order valence-corrected chi connectivity index (χ0v) is 12.6. The molecule has 21 heavy (non-hydrogen) atoms. The van der Waals surface area contributed by atoms with E-state index in [1.165, 1.54) is 13.2 Å². The Hall–Kier alpha value is -1.76. The number of hydrogen-bond donors (Lipinski definition) is 1. The molecule has 0 unspecified atom stereocenters. The molecule has 0 aliphatic carbocycles. The van der Waals surface area contributed by atoms with Crippen molar-refractivity contribution in [3.63, 3.8) is 0 Å². The minimum absolute atomic E-state index is 0.360. The number of halogens is 4. The maximum Gasteiger partial charge on any atom is 0.416 e. The topological polar surface area (TPSA) is 34.1 Å². The van der Waals surface area contributed by atoms with Crippen LogP contribution in [0.15, 0.2) is 41.0 Å². The lowest BCUT2D eigenvalue weighted by molar-refractivity contribution is -0.137. The summed E-state index contributed by atoms with van der Waals surface area (Å²) in [5.74, 6) is 0.487. The van der Waals surface area contributed by atoms with E-state index in [0.717, 1.165) is 17.7 Å². The van der Waals surface area contributed by atoms with Crippen LogP contribution in [-0.2, 0) is 12.7 Å². The Labute approximate surface area is 128 Å². The number of nitrogens with one attached hydrogen (secondary N) is 1. The third-order valence-corrected chi connectivity index (χ3v) is 3.44. The first-order valence-corrected chi connectivity index (χ1v) is 6.79. The number of benzene rings is 1. The van der Waals surface area contributed by atoms with Crippen LogP contribution in [0.25, 0.3) is 0 Å². The summed E-state index contributed by atoms with van der Waals surface area (Å²) in [5, 5.41) is 3.06. The van der Waals surface area contributed by atoms with Gasteiger partial charge in [0.1, 0.15) is 0 Å². The Morgan fingerprint density at radius 3 is 2.62 bits per heavy atom. The van der Waals surface area contributed by atoms with Gasteiger partial charge in [0.15, 0.2) is 0 Å². The van der Waals surface area contributed by atoms with Crippen LogP contribution in [-0.4, -0.2) is 12.1 Å². The third-order valence-electron chi connectivity index (χ3n) is 2.79. The predicted molar refractivity (Wildman–Crippen MR) is 77.3 cm³/mol. The molecule has 0 fully saturated rings. The van der Waals surface area contributed by atoms with E-state index in [1.807, 2.05) is 0 Å². The summed E-state index contributed by atoms with van der Waals surface area (Å²) in [4.78, 5) is 3.98. The minimum Gasteiger partial charge on any atom is -0.481 e. The molecule has 2 aromatic rings. The highest BCUT2D eigenvalue weighted by molar-refractivity contribution is 9.10. The van der Waals surface area contributed by atoms with Gasteiger partial charge < -0.3 is 10.1 Å². The largest absolute Gasteiger partial charge is 0.481 e. The number of anilines is 1. The normalized spacial score (nSPS) is 11.3. The molecule has 0 saturated carbocycles. The summed E-state index contributed by atoms with van der Waals surface area (Å²) in [5.41, 5.74) is 0.804. The second-order valence-electron chi connectivity index (χ2n) is 4.25. The first kappa shape index (κ1) is 15.6. The molecule has 112 valence electrons. The molecule has 0 aliphatic rings. The van der Waals surface area contributed by atoms with E-state index >= 15 is 0 Å². The van der Waals surface area contributed by atoms with Crippen LogP contribution < -0.4 is 10.1 Å². The van der Waals surface area contributed by atoms with Gasteiger partial charge in [0.25, 0.3) is 0 Å². The van der Waals surface area contributed by atoms with E-state index in [4.69, 9.17) is 4.74 Å². The molecule has 1 aromatic carbocycles. The second-order valence-corrected chi connectivity index (χ2v) is 5.11. The van der Waals surface area contributed by atoms with Gasteiger partial charge in [-0.15, -0.1) is 0 Å². The second kappa shape index (κ2) is 6.34. The van der Waals surface area contributed by atoms with Gasteiger partial charge in [-0.25, -0.2) is 4.98 Å². The molecule has 0 saturated heterocycles. The van der Waals surface area contributed by atoms with Crippen LogP contribution in [0.4, 0.5) is 18.9 Å². The fourth-order valence-electron chi connectivity index (χ4n) is 1.70. The highest BCUT2D eigenvalue weighted by Crippen LogP contribution is 2.34. The smallest absolute Gasteiger partial charge is 0.416 e. The molecule has 1 N–H and O–H groups in total. The number of aromatic nitrogens is 1. The maximum absolute atomic E-state index is 12.6. The molecule has 0 bridgehead atoms. The van der Waals surface area contributed by atoms with Crippen LogP contribution in [0, 0.1) is 0 Å². The van der Waals surface area contributed by atoms with Crippen molar-refractivity contribution in [3.05, 3.63) is 52.1 Å². The fourth-order valence-corrected chi connectivity index (χ4v) is 2.22. The third kappa shape index (κ3) is 4.10. The Morgan fingerprint density at radius 2 is 2.00 bits per heavy atom. The van der Waals surface area contributed by atoms with Crippen molar-refractivity contribution in [2.24, 2.45) is 0 Å². The molecule has 1 heterocycles. The standard InChI is InChI=1S/C14H12BrF3N2O/c1-21-13-6-9(4-5-19-13)8-20-12-3-2-10(7-11(12)15)14(16,17)18/h2-7,20H,8H2,1H3. The van der Waals surface area contributed by atoms with Crippen molar-refractivity contribution in [2.75, 3.05) is 12.4 Å². The molecule has 0 amide bonds. The summed E-state index contributed by atoms with van der Waals surface area (Å²) in [7, 11) is 1.52. The number of alkyl halides is 3. The van der Waals surface area contributed by atoms with Gasteiger partial charge in [0.2, 0.25) is 5.88 Å². The monoisotopic (exact) mass is 360 g/mol. The molecule has 0 atom stereocenters. The van der Waals surface area contributed by atoms with Crippen molar-refractivity contribution >= 4 is 21.6 Å². The number of methoxy groups -OCH3 is 1. The number of ether oxygens (including phenoxy) is 1. The minimum atomic E-state index is -4.35. The predicted octanol–water partition coefficient (Wildman–Crippen LogP) is 4.48. The van der Waals surface area contributed by atoms with Crippen LogP contribution in [0.1, 0.15) is 11.1 Å². The van der Waals surface area contributed by atoms with E-state index in [2.05, 4.69) is 26.2 Å². The molecule has 0 radical (unpaired) electrons. The van der Waals surface area contributed by atoms with Crippen LogP contribution in [0.5, 0.6) is 5.88 Å². The van der Waals surface area contributed by atoms with Gasteiger partial charge in [0, 0.05) is 29.0 Å². The summed E-state index contributed by atoms with van der Waals surface area (Å²) < 4.78 is 43.1. The van der Waals surface area contributed by atoms with Crippen LogP contribution in [0.2, 0.25) is 0 Å². The summed E-state index contributed by atoms with van der Waals surface area (Å²) >= 11 is 3.14. The lowest BCUT2D eigenvalue weighted by Gasteiger charge is -2.12. The Balaban J connectivity index is 2.10. The van der Waals surface area contributed by atoms with Crippen LogP contribution in [0.3, 0.4) is 0 Å². The fraction of sp³-hybridized carbons (Fsp3) is 0.214. The molecule has 2 rings (SSSR count). The molecule has 0 aliphatic heterocycles. The zero-order chi connectivity index (χ0) is 15.5. The number of pyridine rings is 1. The first-order chi connectivity index (χ1) is 9.90. The quantitative estimate of drug-likeness (QED) is 0.872. The van der Waals surface area contributed by atoms with Crippen molar-refractivity contribution in [3.8, 4) is 5.88 Å². The molecule has 7 heteroatoms. The summed E-state index contributed by atoms with van der Waals surface area (Å²) in [6.45, 7) is 0.447. The van der Waals surface area contributed by atoms with Crippen molar-refractivity contribution in [2.45, 2.75) is 12.7 Å². The highest BCUT2D eigenvalue weighted by Gasteiger charge is 2.30. The number of nitrogens with zero attached hydrogens (tertiary/aromatic N) is 1. The van der Waals surface area contributed by atoms with Gasteiger partial charge in [-0.1, -0.05) is 0 Å². The van der Waals surface area contributed by atoms with Gasteiger partial charge in [0.05, 0.1) is 12.7 Å². The molecular weight excluding hydrogens is 349 g/mol. The Kier molecular flexibility index (Phi) is 4.72. The number of hydrogen-bond acceptors (Lipinski definition) is 3. The first-order valence-electron chi connectivity index (χ1n) is 5.99. The van der Waals surface area contributed by atoms with E-state index < -0.39 is 11.7 Å².